The first kappa shape index (κ1) is 25.3. The van der Waals surface area contributed by atoms with Gasteiger partial charge in [-0.2, -0.15) is 0 Å². The van der Waals surface area contributed by atoms with Gasteiger partial charge in [-0.05, 0) is 68.8 Å². The number of rotatable bonds is 9. The molecule has 1 aliphatic carbocycles. The SMILES string of the molecule is COc1ccc(C(=O)N(CC(C)=Cc2ccccc2)C(C2CCCCC2)C2CCCN2)cc1OC. The van der Waals surface area contributed by atoms with Crippen LogP contribution in [-0.2, 0) is 0 Å². The van der Waals surface area contributed by atoms with Crippen molar-refractivity contribution in [2.24, 2.45) is 5.92 Å². The molecule has 2 fully saturated rings. The Balaban J connectivity index is 1.71. The van der Waals surface area contributed by atoms with E-state index in [1.165, 1.54) is 44.1 Å². The van der Waals surface area contributed by atoms with E-state index in [-0.39, 0.29) is 11.9 Å². The monoisotopic (exact) mass is 476 g/mol. The van der Waals surface area contributed by atoms with Gasteiger partial charge in [0.2, 0.25) is 0 Å². The fraction of sp³-hybridized carbons (Fsp3) is 0.500. The Morgan fingerprint density at radius 3 is 2.40 bits per heavy atom. The molecule has 1 aliphatic heterocycles. The molecular formula is C30H40N2O3. The molecule has 35 heavy (non-hydrogen) atoms. The van der Waals surface area contributed by atoms with Crippen LogP contribution in [0.1, 0.15) is 67.8 Å². The lowest BCUT2D eigenvalue weighted by molar-refractivity contribution is 0.0528. The van der Waals surface area contributed by atoms with E-state index in [4.69, 9.17) is 9.47 Å². The summed E-state index contributed by atoms with van der Waals surface area (Å²) in [5.41, 5.74) is 2.99. The van der Waals surface area contributed by atoms with Gasteiger partial charge in [-0.15, -0.1) is 0 Å². The fourth-order valence-electron chi connectivity index (χ4n) is 5.87. The molecule has 2 atom stereocenters. The van der Waals surface area contributed by atoms with E-state index in [0.717, 1.165) is 18.5 Å². The number of nitrogens with one attached hydrogen (secondary N) is 1. The predicted octanol–water partition coefficient (Wildman–Crippen LogP) is 5.95. The van der Waals surface area contributed by atoms with Gasteiger partial charge in [0.15, 0.2) is 11.5 Å². The Labute approximate surface area is 210 Å². The number of carbonyl (C=O) groups excluding carboxylic acids is 1. The van der Waals surface area contributed by atoms with Crippen LogP contribution < -0.4 is 14.8 Å². The standard InChI is InChI=1S/C30H40N2O3/c1-22(19-23-11-6-4-7-12-23)21-32(30(33)25-16-17-27(34-2)28(20-25)35-3)29(26-15-10-18-31-26)24-13-8-5-9-14-24/h4,6-7,11-12,16-17,19-20,24,26,29,31H,5,8-10,13-15,18,21H2,1-3H3. The molecule has 2 unspecified atom stereocenters. The van der Waals surface area contributed by atoms with Crippen LogP contribution in [0.25, 0.3) is 6.08 Å². The van der Waals surface area contributed by atoms with E-state index in [2.05, 4.69) is 47.5 Å². The molecule has 0 bridgehead atoms. The largest absolute Gasteiger partial charge is 0.493 e. The van der Waals surface area contributed by atoms with E-state index >= 15 is 0 Å². The minimum Gasteiger partial charge on any atom is -0.493 e. The van der Waals surface area contributed by atoms with Crippen molar-refractivity contribution in [1.82, 2.24) is 10.2 Å². The van der Waals surface area contributed by atoms with E-state index < -0.39 is 0 Å². The van der Waals surface area contributed by atoms with Crippen LogP contribution in [0, 0.1) is 5.92 Å². The molecule has 2 aromatic carbocycles. The summed E-state index contributed by atoms with van der Waals surface area (Å²) in [6.07, 6.45) is 10.7. The highest BCUT2D eigenvalue weighted by molar-refractivity contribution is 5.95. The summed E-state index contributed by atoms with van der Waals surface area (Å²) < 4.78 is 10.9. The number of nitrogens with zero attached hydrogens (tertiary/aromatic N) is 1. The van der Waals surface area contributed by atoms with Gasteiger partial charge in [0, 0.05) is 18.2 Å². The topological polar surface area (TPSA) is 50.8 Å². The van der Waals surface area contributed by atoms with Gasteiger partial charge in [-0.3, -0.25) is 4.79 Å². The van der Waals surface area contributed by atoms with Crippen LogP contribution in [0.4, 0.5) is 0 Å². The van der Waals surface area contributed by atoms with Crippen molar-refractivity contribution in [3.05, 3.63) is 65.2 Å². The third-order valence-electron chi connectivity index (χ3n) is 7.53. The maximum atomic E-state index is 14.2. The zero-order valence-corrected chi connectivity index (χ0v) is 21.5. The Morgan fingerprint density at radius 2 is 1.74 bits per heavy atom. The minimum absolute atomic E-state index is 0.0658. The molecular weight excluding hydrogens is 436 g/mol. The van der Waals surface area contributed by atoms with Gasteiger partial charge in [-0.25, -0.2) is 0 Å². The summed E-state index contributed by atoms with van der Waals surface area (Å²) in [4.78, 5) is 16.4. The molecule has 4 rings (SSSR count). The van der Waals surface area contributed by atoms with E-state index in [1.54, 1.807) is 14.2 Å². The maximum absolute atomic E-state index is 14.2. The summed E-state index contributed by atoms with van der Waals surface area (Å²) in [7, 11) is 3.23. The molecule has 0 aromatic heterocycles. The second-order valence-corrected chi connectivity index (χ2v) is 10.00. The van der Waals surface area contributed by atoms with Crippen LogP contribution in [-0.4, -0.2) is 50.2 Å². The average molecular weight is 477 g/mol. The molecule has 0 radical (unpaired) electrons. The van der Waals surface area contributed by atoms with Crippen molar-refractivity contribution >= 4 is 12.0 Å². The van der Waals surface area contributed by atoms with Crippen molar-refractivity contribution < 1.29 is 14.3 Å². The molecule has 2 aromatic rings. The lowest BCUT2D eigenvalue weighted by atomic mass is 9.79. The maximum Gasteiger partial charge on any atom is 0.254 e. The second-order valence-electron chi connectivity index (χ2n) is 10.00. The Kier molecular flexibility index (Phi) is 8.86. The van der Waals surface area contributed by atoms with Crippen LogP contribution >= 0.6 is 0 Å². The van der Waals surface area contributed by atoms with Gasteiger partial charge in [0.05, 0.1) is 20.3 Å². The molecule has 1 saturated carbocycles. The van der Waals surface area contributed by atoms with Crippen molar-refractivity contribution in [3.63, 3.8) is 0 Å². The van der Waals surface area contributed by atoms with E-state index in [1.807, 2.05) is 24.3 Å². The summed E-state index contributed by atoms with van der Waals surface area (Å²) in [6, 6.07) is 16.4. The number of hydrogen-bond donors (Lipinski definition) is 1. The molecule has 5 heteroatoms. The second kappa shape index (κ2) is 12.3. The zero-order valence-electron chi connectivity index (χ0n) is 21.5. The Morgan fingerprint density at radius 1 is 1.00 bits per heavy atom. The zero-order chi connectivity index (χ0) is 24.6. The molecule has 1 N–H and O–H groups in total. The van der Waals surface area contributed by atoms with Crippen LogP contribution in [0.5, 0.6) is 11.5 Å². The van der Waals surface area contributed by atoms with E-state index in [9.17, 15) is 4.79 Å². The molecule has 5 nitrogen and oxygen atoms in total. The van der Waals surface area contributed by atoms with Gasteiger partial charge in [0.1, 0.15) is 0 Å². The molecule has 188 valence electrons. The Bertz CT molecular complexity index is 992. The number of methoxy groups -OCH3 is 2. The number of ether oxygens (including phenoxy) is 2. The van der Waals surface area contributed by atoms with Crippen molar-refractivity contribution in [3.8, 4) is 11.5 Å². The average Bonchev–Trinajstić information content (AvgIpc) is 3.43. The number of amides is 1. The lowest BCUT2D eigenvalue weighted by Crippen LogP contribution is -2.55. The van der Waals surface area contributed by atoms with Gasteiger partial charge in [-0.1, -0.05) is 61.2 Å². The molecule has 1 saturated heterocycles. The number of carbonyl (C=O) groups is 1. The summed E-state index contributed by atoms with van der Waals surface area (Å²) in [6.45, 7) is 3.79. The summed E-state index contributed by atoms with van der Waals surface area (Å²) in [5.74, 6) is 1.81. The summed E-state index contributed by atoms with van der Waals surface area (Å²) >= 11 is 0. The smallest absolute Gasteiger partial charge is 0.254 e. The quantitative estimate of drug-likeness (QED) is 0.486. The Hall–Kier alpha value is -2.79. The van der Waals surface area contributed by atoms with Gasteiger partial charge in [0.25, 0.3) is 5.91 Å². The first-order valence-electron chi connectivity index (χ1n) is 13.1. The van der Waals surface area contributed by atoms with E-state index in [0.29, 0.717) is 35.6 Å². The highest BCUT2D eigenvalue weighted by atomic mass is 16.5. The molecule has 0 spiro atoms. The van der Waals surface area contributed by atoms with Crippen molar-refractivity contribution in [2.45, 2.75) is 64.0 Å². The normalized spacial score (nSPS) is 19.9. The van der Waals surface area contributed by atoms with Crippen LogP contribution in [0.15, 0.2) is 54.1 Å². The first-order chi connectivity index (χ1) is 17.1. The predicted molar refractivity (Wildman–Crippen MR) is 142 cm³/mol. The number of benzene rings is 2. The van der Waals surface area contributed by atoms with Crippen molar-refractivity contribution in [1.29, 1.82) is 0 Å². The van der Waals surface area contributed by atoms with Gasteiger partial charge >= 0.3 is 0 Å². The van der Waals surface area contributed by atoms with Crippen molar-refractivity contribution in [2.75, 3.05) is 27.3 Å². The highest BCUT2D eigenvalue weighted by Crippen LogP contribution is 2.35. The van der Waals surface area contributed by atoms with Gasteiger partial charge < -0.3 is 19.7 Å². The van der Waals surface area contributed by atoms with Crippen LogP contribution in [0.3, 0.4) is 0 Å². The number of hydrogen-bond acceptors (Lipinski definition) is 4. The first-order valence-corrected chi connectivity index (χ1v) is 13.1. The highest BCUT2D eigenvalue weighted by Gasteiger charge is 2.39. The molecule has 1 heterocycles. The third-order valence-corrected chi connectivity index (χ3v) is 7.53. The summed E-state index contributed by atoms with van der Waals surface area (Å²) in [5, 5.41) is 3.75. The lowest BCUT2D eigenvalue weighted by Gasteiger charge is -2.42. The fourth-order valence-corrected chi connectivity index (χ4v) is 5.87. The molecule has 2 aliphatic rings. The molecule has 1 amide bonds. The third kappa shape index (κ3) is 6.26. The van der Waals surface area contributed by atoms with Crippen LogP contribution in [0.2, 0.25) is 0 Å². The minimum atomic E-state index is 0.0658.